The molecule has 2 fully saturated rings. The maximum absolute atomic E-state index is 2.62. The zero-order chi connectivity index (χ0) is 13.1. The topological polar surface area (TPSA) is 9.72 Å². The quantitative estimate of drug-likeness (QED) is 0.737. The van der Waals surface area contributed by atoms with Crippen molar-refractivity contribution in [1.29, 1.82) is 0 Å². The third kappa shape index (κ3) is 3.69. The van der Waals surface area contributed by atoms with Crippen molar-refractivity contribution in [2.45, 2.75) is 32.7 Å². The van der Waals surface area contributed by atoms with Crippen LogP contribution in [0.2, 0.25) is 0 Å². The van der Waals surface area contributed by atoms with Gasteiger partial charge in [-0.3, -0.25) is 4.90 Å². The molecular formula is C15H31N3. The van der Waals surface area contributed by atoms with E-state index < -0.39 is 0 Å². The molecule has 3 heteroatoms. The largest absolute Gasteiger partial charge is 0.304 e. The Hall–Kier alpha value is -0.120. The lowest BCUT2D eigenvalue weighted by molar-refractivity contribution is 0.0605. The number of rotatable bonds is 5. The van der Waals surface area contributed by atoms with Gasteiger partial charge >= 0.3 is 0 Å². The van der Waals surface area contributed by atoms with Gasteiger partial charge < -0.3 is 9.80 Å². The van der Waals surface area contributed by atoms with Gasteiger partial charge in [-0.15, -0.1) is 0 Å². The SMILES string of the molecule is CC(C)C1CC(N(C)CCN2CCN(C)CC2)C1. The second-order valence-corrected chi connectivity index (χ2v) is 6.75. The summed E-state index contributed by atoms with van der Waals surface area (Å²) in [5.74, 6) is 1.87. The van der Waals surface area contributed by atoms with E-state index in [2.05, 4.69) is 42.6 Å². The Kier molecular flexibility index (Phi) is 5.05. The van der Waals surface area contributed by atoms with E-state index >= 15 is 0 Å². The van der Waals surface area contributed by atoms with Crippen LogP contribution in [0.5, 0.6) is 0 Å². The van der Waals surface area contributed by atoms with E-state index in [4.69, 9.17) is 0 Å². The molecule has 1 aliphatic heterocycles. The smallest absolute Gasteiger partial charge is 0.0110 e. The highest BCUT2D eigenvalue weighted by Crippen LogP contribution is 2.36. The molecule has 2 aliphatic rings. The average molecular weight is 253 g/mol. The molecule has 3 nitrogen and oxygen atoms in total. The van der Waals surface area contributed by atoms with Gasteiger partial charge in [-0.05, 0) is 38.8 Å². The van der Waals surface area contributed by atoms with Crippen LogP contribution in [0.15, 0.2) is 0 Å². The third-order valence-electron chi connectivity index (χ3n) is 5.08. The lowest BCUT2D eigenvalue weighted by Crippen LogP contribution is -2.49. The van der Waals surface area contributed by atoms with E-state index in [1.165, 1.54) is 52.1 Å². The highest BCUT2D eigenvalue weighted by molar-refractivity contribution is 4.87. The van der Waals surface area contributed by atoms with E-state index in [1.54, 1.807) is 0 Å². The number of hydrogen-bond donors (Lipinski definition) is 0. The van der Waals surface area contributed by atoms with E-state index in [0.717, 1.165) is 17.9 Å². The van der Waals surface area contributed by atoms with Crippen LogP contribution in [0.1, 0.15) is 26.7 Å². The van der Waals surface area contributed by atoms with Gasteiger partial charge in [0.1, 0.15) is 0 Å². The van der Waals surface area contributed by atoms with Gasteiger partial charge in [-0.25, -0.2) is 0 Å². The normalized spacial score (nSPS) is 31.0. The molecule has 0 bridgehead atoms. The van der Waals surface area contributed by atoms with Crippen molar-refractivity contribution < 1.29 is 0 Å². The van der Waals surface area contributed by atoms with Gasteiger partial charge in [0.2, 0.25) is 0 Å². The van der Waals surface area contributed by atoms with Crippen LogP contribution in [0, 0.1) is 11.8 Å². The highest BCUT2D eigenvalue weighted by Gasteiger charge is 2.33. The molecule has 1 heterocycles. The van der Waals surface area contributed by atoms with E-state index in [0.29, 0.717) is 0 Å². The summed E-state index contributed by atoms with van der Waals surface area (Å²) >= 11 is 0. The van der Waals surface area contributed by atoms with E-state index in [-0.39, 0.29) is 0 Å². The molecule has 0 N–H and O–H groups in total. The zero-order valence-corrected chi connectivity index (χ0v) is 12.7. The summed E-state index contributed by atoms with van der Waals surface area (Å²) in [6.45, 7) is 12.2. The molecule has 0 amide bonds. The fraction of sp³-hybridized carbons (Fsp3) is 1.00. The highest BCUT2D eigenvalue weighted by atomic mass is 15.3. The molecule has 0 aromatic rings. The molecule has 1 aliphatic carbocycles. The number of piperazine rings is 1. The monoisotopic (exact) mass is 253 g/mol. The summed E-state index contributed by atoms with van der Waals surface area (Å²) in [4.78, 5) is 7.64. The van der Waals surface area contributed by atoms with Crippen LogP contribution >= 0.6 is 0 Å². The van der Waals surface area contributed by atoms with E-state index in [9.17, 15) is 0 Å². The first-order valence-corrected chi connectivity index (χ1v) is 7.67. The van der Waals surface area contributed by atoms with Gasteiger partial charge in [0, 0.05) is 45.3 Å². The zero-order valence-electron chi connectivity index (χ0n) is 12.7. The van der Waals surface area contributed by atoms with Crippen LogP contribution in [0.25, 0.3) is 0 Å². The first-order chi connectivity index (χ1) is 8.56. The van der Waals surface area contributed by atoms with Crippen molar-refractivity contribution in [3.8, 4) is 0 Å². The van der Waals surface area contributed by atoms with Crippen molar-refractivity contribution in [3.63, 3.8) is 0 Å². The molecule has 0 aromatic carbocycles. The third-order valence-corrected chi connectivity index (χ3v) is 5.08. The van der Waals surface area contributed by atoms with Gasteiger partial charge in [-0.2, -0.15) is 0 Å². The van der Waals surface area contributed by atoms with Crippen molar-refractivity contribution in [3.05, 3.63) is 0 Å². The van der Waals surface area contributed by atoms with Crippen molar-refractivity contribution in [1.82, 2.24) is 14.7 Å². The van der Waals surface area contributed by atoms with Gasteiger partial charge in [0.05, 0.1) is 0 Å². The summed E-state index contributed by atoms with van der Waals surface area (Å²) in [5.41, 5.74) is 0. The summed E-state index contributed by atoms with van der Waals surface area (Å²) in [6, 6.07) is 0.866. The van der Waals surface area contributed by atoms with Crippen LogP contribution in [-0.2, 0) is 0 Å². The lowest BCUT2D eigenvalue weighted by Gasteiger charge is -2.44. The second kappa shape index (κ2) is 6.36. The summed E-state index contributed by atoms with van der Waals surface area (Å²) in [7, 11) is 4.54. The predicted octanol–water partition coefficient (Wildman–Crippen LogP) is 1.60. The Bertz CT molecular complexity index is 240. The Morgan fingerprint density at radius 3 is 2.28 bits per heavy atom. The molecule has 2 rings (SSSR count). The van der Waals surface area contributed by atoms with Crippen molar-refractivity contribution in [2.24, 2.45) is 11.8 Å². The lowest BCUT2D eigenvalue weighted by atomic mass is 9.73. The van der Waals surface area contributed by atoms with Crippen LogP contribution < -0.4 is 0 Å². The Morgan fingerprint density at radius 2 is 1.72 bits per heavy atom. The van der Waals surface area contributed by atoms with E-state index in [1.807, 2.05) is 0 Å². The number of likely N-dealkylation sites (N-methyl/N-ethyl adjacent to an activating group) is 2. The predicted molar refractivity (Wildman–Crippen MR) is 77.9 cm³/mol. The maximum atomic E-state index is 2.62. The van der Waals surface area contributed by atoms with Crippen LogP contribution in [0.4, 0.5) is 0 Å². The Morgan fingerprint density at radius 1 is 1.11 bits per heavy atom. The Labute approximate surface area is 113 Å². The fourth-order valence-corrected chi connectivity index (χ4v) is 3.09. The van der Waals surface area contributed by atoms with Gasteiger partial charge in [-0.1, -0.05) is 13.8 Å². The maximum Gasteiger partial charge on any atom is 0.0110 e. The fourth-order valence-electron chi connectivity index (χ4n) is 3.09. The minimum absolute atomic E-state index is 0.866. The molecule has 1 saturated carbocycles. The molecule has 0 aromatic heterocycles. The molecule has 0 spiro atoms. The average Bonchev–Trinajstić information content (AvgIpc) is 2.25. The first-order valence-electron chi connectivity index (χ1n) is 7.67. The second-order valence-electron chi connectivity index (χ2n) is 6.75. The molecule has 0 atom stereocenters. The minimum atomic E-state index is 0.866. The molecule has 0 radical (unpaired) electrons. The molecule has 1 saturated heterocycles. The number of hydrogen-bond acceptors (Lipinski definition) is 3. The molecular weight excluding hydrogens is 222 g/mol. The molecule has 106 valence electrons. The van der Waals surface area contributed by atoms with Crippen molar-refractivity contribution in [2.75, 3.05) is 53.4 Å². The van der Waals surface area contributed by atoms with Crippen LogP contribution in [-0.4, -0.2) is 74.1 Å². The Balaban J connectivity index is 1.59. The summed E-state index contributed by atoms with van der Waals surface area (Å²) < 4.78 is 0. The van der Waals surface area contributed by atoms with Gasteiger partial charge in [0.15, 0.2) is 0 Å². The molecule has 18 heavy (non-hydrogen) atoms. The van der Waals surface area contributed by atoms with Crippen LogP contribution in [0.3, 0.4) is 0 Å². The standard InChI is InChI=1S/C15H31N3/c1-13(2)14-11-15(12-14)17(4)7-10-18-8-5-16(3)6-9-18/h13-15H,5-12H2,1-4H3. The summed E-state index contributed by atoms with van der Waals surface area (Å²) in [5, 5.41) is 0. The van der Waals surface area contributed by atoms with Gasteiger partial charge in [0.25, 0.3) is 0 Å². The minimum Gasteiger partial charge on any atom is -0.304 e. The van der Waals surface area contributed by atoms with Crippen molar-refractivity contribution >= 4 is 0 Å². The molecule has 0 unspecified atom stereocenters. The number of nitrogens with zero attached hydrogens (tertiary/aromatic N) is 3. The first kappa shape index (κ1) is 14.3. The summed E-state index contributed by atoms with van der Waals surface area (Å²) in [6.07, 6.45) is 2.85.